The van der Waals surface area contributed by atoms with Crippen LogP contribution in [0.1, 0.15) is 23.2 Å². The van der Waals surface area contributed by atoms with Crippen molar-refractivity contribution in [3.63, 3.8) is 0 Å². The Morgan fingerprint density at radius 1 is 0.879 bits per heavy atom. The average Bonchev–Trinajstić information content (AvgIpc) is 3.51. The van der Waals surface area contributed by atoms with Crippen molar-refractivity contribution < 1.29 is 0 Å². The average molecular weight is 457 g/mol. The summed E-state index contributed by atoms with van der Waals surface area (Å²) in [5.74, 6) is 0. The van der Waals surface area contributed by atoms with E-state index >= 15 is 0 Å². The summed E-state index contributed by atoms with van der Waals surface area (Å²) in [4.78, 5) is 6.41. The molecule has 0 unspecified atom stereocenters. The highest BCUT2D eigenvalue weighted by Crippen LogP contribution is 2.28. The van der Waals surface area contributed by atoms with Crippen LogP contribution in [0.25, 0.3) is 16.3 Å². The molecule has 4 aromatic rings. The van der Waals surface area contributed by atoms with Gasteiger partial charge in [0.25, 0.3) is 0 Å². The van der Waals surface area contributed by atoms with Gasteiger partial charge in [0.15, 0.2) is 0 Å². The number of aromatic nitrogens is 2. The van der Waals surface area contributed by atoms with Gasteiger partial charge in [0, 0.05) is 31.9 Å². The molecule has 0 atom stereocenters. The largest absolute Gasteiger partial charge is 0.369 e. The molecule has 2 aromatic heterocycles. The molecule has 0 aliphatic carbocycles. The first kappa shape index (κ1) is 21.9. The fourth-order valence-electron chi connectivity index (χ4n) is 4.77. The van der Waals surface area contributed by atoms with Crippen LogP contribution in [0.5, 0.6) is 0 Å². The molecule has 0 spiro atoms. The molecule has 1 saturated heterocycles. The highest BCUT2D eigenvalue weighted by molar-refractivity contribution is 7.13. The van der Waals surface area contributed by atoms with E-state index in [1.807, 2.05) is 0 Å². The predicted molar refractivity (Wildman–Crippen MR) is 140 cm³/mol. The minimum Gasteiger partial charge on any atom is -0.369 e. The fraction of sp³-hybridized carbons (Fsp3) is 0.321. The van der Waals surface area contributed by atoms with Gasteiger partial charge in [-0.15, -0.1) is 11.3 Å². The molecule has 170 valence electrons. The lowest BCUT2D eigenvalue weighted by Crippen LogP contribution is -2.46. The highest BCUT2D eigenvalue weighted by Gasteiger charge is 2.19. The molecule has 0 saturated carbocycles. The van der Waals surface area contributed by atoms with E-state index in [2.05, 4.69) is 100 Å². The first-order valence-corrected chi connectivity index (χ1v) is 12.8. The van der Waals surface area contributed by atoms with Gasteiger partial charge in [0.1, 0.15) is 0 Å². The number of thiophene rings is 1. The number of rotatable bonds is 7. The minimum absolute atomic E-state index is 1.01. The Balaban J connectivity index is 1.19. The zero-order chi connectivity index (χ0) is 22.6. The second-order valence-corrected chi connectivity index (χ2v) is 9.92. The third-order valence-corrected chi connectivity index (χ3v) is 7.40. The number of anilines is 1. The number of nitrogens with zero attached hydrogens (tertiary/aromatic N) is 4. The van der Waals surface area contributed by atoms with E-state index in [-0.39, 0.29) is 0 Å². The summed E-state index contributed by atoms with van der Waals surface area (Å²) >= 11 is 1.77. The van der Waals surface area contributed by atoms with Gasteiger partial charge in [0.2, 0.25) is 0 Å². The Labute approximate surface area is 201 Å². The number of hydrogen-bond donors (Lipinski definition) is 0. The first-order chi connectivity index (χ1) is 16.2. The lowest BCUT2D eigenvalue weighted by Gasteiger charge is -2.36. The van der Waals surface area contributed by atoms with Crippen LogP contribution >= 0.6 is 11.3 Å². The number of aryl methyl sites for hydroxylation is 3. The van der Waals surface area contributed by atoms with Crippen molar-refractivity contribution in [2.75, 3.05) is 37.6 Å². The van der Waals surface area contributed by atoms with Gasteiger partial charge in [-0.2, -0.15) is 5.10 Å². The van der Waals surface area contributed by atoms with Crippen LogP contribution in [0.15, 0.2) is 72.1 Å². The molecule has 1 aliphatic heterocycles. The predicted octanol–water partition coefficient (Wildman–Crippen LogP) is 5.97. The number of piperazine rings is 1. The molecule has 0 N–H and O–H groups in total. The van der Waals surface area contributed by atoms with Crippen molar-refractivity contribution in [1.29, 1.82) is 0 Å². The first-order valence-electron chi connectivity index (χ1n) is 11.9. The van der Waals surface area contributed by atoms with E-state index in [1.54, 1.807) is 11.3 Å². The van der Waals surface area contributed by atoms with E-state index in [0.717, 1.165) is 51.3 Å². The van der Waals surface area contributed by atoms with Crippen molar-refractivity contribution in [2.45, 2.75) is 26.7 Å². The van der Waals surface area contributed by atoms with Crippen molar-refractivity contribution in [3.05, 3.63) is 88.9 Å². The van der Waals surface area contributed by atoms with Crippen molar-refractivity contribution in [1.82, 2.24) is 14.7 Å². The molecule has 33 heavy (non-hydrogen) atoms. The zero-order valence-electron chi connectivity index (χ0n) is 19.6. The van der Waals surface area contributed by atoms with Gasteiger partial charge in [-0.05, 0) is 74.5 Å². The third kappa shape index (κ3) is 5.05. The van der Waals surface area contributed by atoms with Crippen molar-refractivity contribution in [3.8, 4) is 16.3 Å². The molecule has 0 bridgehead atoms. The fourth-order valence-corrected chi connectivity index (χ4v) is 5.50. The molecule has 2 aromatic carbocycles. The number of para-hydroxylation sites is 1. The standard InChI is InChI=1S/C28H32N4S/c1-22-12-13-26(23(2)20-22)31-17-15-30(16-18-31)14-6-8-24-21-27(28-11-7-19-33-28)32(29-24)25-9-4-3-5-10-25/h3-5,7,9-13,19-21H,6,8,14-18H2,1-2H3. The molecular formula is C28H32N4S. The normalized spacial score (nSPS) is 14.7. The zero-order valence-corrected chi connectivity index (χ0v) is 20.4. The summed E-state index contributed by atoms with van der Waals surface area (Å²) in [6.45, 7) is 10.0. The maximum atomic E-state index is 4.98. The Bertz CT molecular complexity index is 1170. The van der Waals surface area contributed by atoms with Gasteiger partial charge in [0.05, 0.1) is 22.0 Å². The maximum Gasteiger partial charge on any atom is 0.0843 e. The molecule has 0 radical (unpaired) electrons. The Morgan fingerprint density at radius 2 is 1.70 bits per heavy atom. The van der Waals surface area contributed by atoms with Crippen LogP contribution in [0.4, 0.5) is 5.69 Å². The van der Waals surface area contributed by atoms with Crippen LogP contribution in [0.2, 0.25) is 0 Å². The molecule has 5 rings (SSSR count). The lowest BCUT2D eigenvalue weighted by atomic mass is 10.1. The highest BCUT2D eigenvalue weighted by atomic mass is 32.1. The van der Waals surface area contributed by atoms with E-state index < -0.39 is 0 Å². The topological polar surface area (TPSA) is 24.3 Å². The van der Waals surface area contributed by atoms with E-state index in [1.165, 1.54) is 33.1 Å². The molecule has 1 aliphatic rings. The summed E-state index contributed by atoms with van der Waals surface area (Å²) in [6, 6.07) is 23.8. The van der Waals surface area contributed by atoms with E-state index in [0.29, 0.717) is 0 Å². The summed E-state index contributed by atoms with van der Waals surface area (Å²) < 4.78 is 2.10. The van der Waals surface area contributed by atoms with E-state index in [9.17, 15) is 0 Å². The number of hydrogen-bond acceptors (Lipinski definition) is 4. The molecule has 4 nitrogen and oxygen atoms in total. The van der Waals surface area contributed by atoms with Crippen molar-refractivity contribution in [2.24, 2.45) is 0 Å². The molecule has 3 heterocycles. The molecule has 1 fully saturated rings. The van der Waals surface area contributed by atoms with Gasteiger partial charge in [-0.3, -0.25) is 4.90 Å². The summed E-state index contributed by atoms with van der Waals surface area (Å²) in [7, 11) is 0. The van der Waals surface area contributed by atoms with Crippen LogP contribution in [-0.4, -0.2) is 47.4 Å². The van der Waals surface area contributed by atoms with Gasteiger partial charge < -0.3 is 4.90 Å². The quantitative estimate of drug-likeness (QED) is 0.342. The third-order valence-electron chi connectivity index (χ3n) is 6.51. The molecule has 0 amide bonds. The lowest BCUT2D eigenvalue weighted by molar-refractivity contribution is 0.254. The SMILES string of the molecule is Cc1ccc(N2CCN(CCCc3cc(-c4cccs4)n(-c4ccccc4)n3)CC2)c(C)c1. The van der Waals surface area contributed by atoms with Gasteiger partial charge in [-0.1, -0.05) is 42.0 Å². The molecular weight excluding hydrogens is 424 g/mol. The Morgan fingerprint density at radius 3 is 2.42 bits per heavy atom. The summed E-state index contributed by atoms with van der Waals surface area (Å²) in [5, 5.41) is 7.12. The monoisotopic (exact) mass is 456 g/mol. The van der Waals surface area contributed by atoms with Crippen LogP contribution in [0, 0.1) is 13.8 Å². The van der Waals surface area contributed by atoms with E-state index in [4.69, 9.17) is 5.10 Å². The van der Waals surface area contributed by atoms with Gasteiger partial charge >= 0.3 is 0 Å². The van der Waals surface area contributed by atoms with Crippen LogP contribution in [0.3, 0.4) is 0 Å². The Kier molecular flexibility index (Phi) is 6.60. The second-order valence-electron chi connectivity index (χ2n) is 8.97. The smallest absolute Gasteiger partial charge is 0.0843 e. The summed E-state index contributed by atoms with van der Waals surface area (Å²) in [6.07, 6.45) is 2.15. The minimum atomic E-state index is 1.01. The number of benzene rings is 2. The Hall–Kier alpha value is -2.89. The van der Waals surface area contributed by atoms with Crippen LogP contribution < -0.4 is 4.90 Å². The van der Waals surface area contributed by atoms with Crippen LogP contribution in [-0.2, 0) is 6.42 Å². The maximum absolute atomic E-state index is 4.98. The summed E-state index contributed by atoms with van der Waals surface area (Å²) in [5.41, 5.74) is 7.61. The van der Waals surface area contributed by atoms with Gasteiger partial charge in [-0.25, -0.2) is 4.68 Å². The second kappa shape index (κ2) is 9.94. The van der Waals surface area contributed by atoms with Crippen molar-refractivity contribution >= 4 is 17.0 Å². The molecule has 5 heteroatoms.